The van der Waals surface area contributed by atoms with Crippen LogP contribution in [0.2, 0.25) is 0 Å². The van der Waals surface area contributed by atoms with Crippen molar-refractivity contribution < 1.29 is 9.90 Å². The summed E-state index contributed by atoms with van der Waals surface area (Å²) in [7, 11) is 0. The Labute approximate surface area is 93.9 Å². The minimum atomic E-state index is -0.692. The average Bonchev–Trinajstić information content (AvgIpc) is 2.66. The molecular weight excluding hydrogens is 206 g/mol. The van der Waals surface area contributed by atoms with Gasteiger partial charge in [0, 0.05) is 17.8 Å². The van der Waals surface area contributed by atoms with Crippen molar-refractivity contribution in [3.8, 4) is 0 Å². The molecule has 0 aromatic carbocycles. The quantitative estimate of drug-likeness (QED) is 0.808. The second-order valence-corrected chi connectivity index (χ2v) is 4.23. The van der Waals surface area contributed by atoms with Gasteiger partial charge >= 0.3 is 5.97 Å². The molecule has 1 aliphatic carbocycles. The summed E-state index contributed by atoms with van der Waals surface area (Å²) in [6, 6.07) is 2.09. The number of nitrogens with one attached hydrogen (secondary N) is 1. The summed E-state index contributed by atoms with van der Waals surface area (Å²) >= 11 is 0. The highest BCUT2D eigenvalue weighted by Crippen LogP contribution is 2.27. The normalized spacial score (nSPS) is 24.3. The first kappa shape index (κ1) is 10.9. The van der Waals surface area contributed by atoms with Gasteiger partial charge in [0.2, 0.25) is 0 Å². The first-order valence-electron chi connectivity index (χ1n) is 5.43. The number of rotatable bonds is 3. The molecule has 2 atom stereocenters. The summed E-state index contributed by atoms with van der Waals surface area (Å²) in [6.45, 7) is 1.90. The van der Waals surface area contributed by atoms with Crippen LogP contribution in [0.4, 0.5) is 5.82 Å². The standard InChI is InChI=1S/C11H15N3O2/c1-7-4-10(13-6-12-7)14-9-3-2-8(5-9)11(15)16/h4,6,8-9H,2-3,5H2,1H3,(H,15,16)(H,12,13,14)/t8-,9+/m1/s1. The number of aryl methyl sites for hydroxylation is 1. The first-order chi connectivity index (χ1) is 7.65. The van der Waals surface area contributed by atoms with Crippen molar-refractivity contribution >= 4 is 11.8 Å². The molecule has 1 aromatic rings. The minimum Gasteiger partial charge on any atom is -0.481 e. The molecule has 0 aliphatic heterocycles. The maximum atomic E-state index is 10.8. The molecule has 5 nitrogen and oxygen atoms in total. The highest BCUT2D eigenvalue weighted by Gasteiger charge is 2.29. The molecular formula is C11H15N3O2. The van der Waals surface area contributed by atoms with Crippen LogP contribution in [0.15, 0.2) is 12.4 Å². The summed E-state index contributed by atoms with van der Waals surface area (Å²) in [6.07, 6.45) is 3.83. The molecule has 1 aliphatic rings. The lowest BCUT2D eigenvalue weighted by molar-refractivity contribution is -0.141. The van der Waals surface area contributed by atoms with E-state index in [4.69, 9.17) is 5.11 Å². The van der Waals surface area contributed by atoms with Gasteiger partial charge in [0.15, 0.2) is 0 Å². The predicted molar refractivity (Wildman–Crippen MR) is 59.2 cm³/mol. The van der Waals surface area contributed by atoms with Gasteiger partial charge in [0.25, 0.3) is 0 Å². The van der Waals surface area contributed by atoms with Crippen LogP contribution in [0.3, 0.4) is 0 Å². The van der Waals surface area contributed by atoms with E-state index in [9.17, 15) is 4.79 Å². The Balaban J connectivity index is 1.94. The van der Waals surface area contributed by atoms with Gasteiger partial charge in [-0.15, -0.1) is 0 Å². The van der Waals surface area contributed by atoms with Crippen LogP contribution in [-0.2, 0) is 4.79 Å². The van der Waals surface area contributed by atoms with Crippen molar-refractivity contribution in [1.82, 2.24) is 9.97 Å². The van der Waals surface area contributed by atoms with E-state index in [1.165, 1.54) is 6.33 Å². The van der Waals surface area contributed by atoms with Crippen LogP contribution < -0.4 is 5.32 Å². The monoisotopic (exact) mass is 221 g/mol. The van der Waals surface area contributed by atoms with Crippen molar-refractivity contribution in [2.75, 3.05) is 5.32 Å². The number of anilines is 1. The lowest BCUT2D eigenvalue weighted by atomic mass is 10.1. The summed E-state index contributed by atoms with van der Waals surface area (Å²) in [5.41, 5.74) is 0.908. The summed E-state index contributed by atoms with van der Waals surface area (Å²) in [5.74, 6) is -0.118. The van der Waals surface area contributed by atoms with E-state index < -0.39 is 5.97 Å². The van der Waals surface area contributed by atoms with Gasteiger partial charge in [0.05, 0.1) is 5.92 Å². The Morgan fingerprint density at radius 2 is 2.31 bits per heavy atom. The molecule has 5 heteroatoms. The van der Waals surface area contributed by atoms with Crippen LogP contribution in [-0.4, -0.2) is 27.1 Å². The fraction of sp³-hybridized carbons (Fsp3) is 0.545. The van der Waals surface area contributed by atoms with Crippen molar-refractivity contribution in [2.45, 2.75) is 32.2 Å². The number of aromatic nitrogens is 2. The Bertz CT molecular complexity index is 395. The van der Waals surface area contributed by atoms with Gasteiger partial charge in [-0.05, 0) is 26.2 Å². The number of nitrogens with zero attached hydrogens (tertiary/aromatic N) is 2. The van der Waals surface area contributed by atoms with Gasteiger partial charge in [0.1, 0.15) is 12.1 Å². The van der Waals surface area contributed by atoms with E-state index in [2.05, 4.69) is 15.3 Å². The predicted octanol–water partition coefficient (Wildman–Crippen LogP) is 1.45. The van der Waals surface area contributed by atoms with Crippen LogP contribution in [0.1, 0.15) is 25.0 Å². The third kappa shape index (κ3) is 2.48. The maximum Gasteiger partial charge on any atom is 0.306 e. The summed E-state index contributed by atoms with van der Waals surface area (Å²) < 4.78 is 0. The van der Waals surface area contributed by atoms with E-state index in [1.807, 2.05) is 13.0 Å². The zero-order valence-electron chi connectivity index (χ0n) is 9.18. The highest BCUT2D eigenvalue weighted by atomic mass is 16.4. The molecule has 0 spiro atoms. The van der Waals surface area contributed by atoms with E-state index in [0.717, 1.165) is 24.4 Å². The number of hydrogen-bond donors (Lipinski definition) is 2. The smallest absolute Gasteiger partial charge is 0.306 e. The molecule has 0 amide bonds. The van der Waals surface area contributed by atoms with Gasteiger partial charge in [-0.2, -0.15) is 0 Å². The first-order valence-corrected chi connectivity index (χ1v) is 5.43. The fourth-order valence-corrected chi connectivity index (χ4v) is 2.08. The van der Waals surface area contributed by atoms with E-state index in [-0.39, 0.29) is 12.0 Å². The molecule has 0 radical (unpaired) electrons. The third-order valence-corrected chi connectivity index (χ3v) is 2.94. The molecule has 0 bridgehead atoms. The van der Waals surface area contributed by atoms with Crippen LogP contribution >= 0.6 is 0 Å². The van der Waals surface area contributed by atoms with Crippen LogP contribution in [0.25, 0.3) is 0 Å². The third-order valence-electron chi connectivity index (χ3n) is 2.94. The molecule has 1 fully saturated rings. The van der Waals surface area contributed by atoms with Crippen LogP contribution in [0, 0.1) is 12.8 Å². The Morgan fingerprint density at radius 3 is 2.94 bits per heavy atom. The topological polar surface area (TPSA) is 75.1 Å². The van der Waals surface area contributed by atoms with Gasteiger partial charge < -0.3 is 10.4 Å². The Kier molecular flexibility index (Phi) is 3.03. The largest absolute Gasteiger partial charge is 0.481 e. The van der Waals surface area contributed by atoms with Gasteiger partial charge in [-0.1, -0.05) is 0 Å². The Morgan fingerprint density at radius 1 is 1.50 bits per heavy atom. The Hall–Kier alpha value is -1.65. The van der Waals surface area contributed by atoms with Crippen molar-refractivity contribution in [1.29, 1.82) is 0 Å². The summed E-state index contributed by atoms with van der Waals surface area (Å²) in [5, 5.41) is 12.1. The van der Waals surface area contributed by atoms with E-state index >= 15 is 0 Å². The van der Waals surface area contributed by atoms with Gasteiger partial charge in [-0.25, -0.2) is 9.97 Å². The SMILES string of the molecule is Cc1cc(N[C@H]2CC[C@@H](C(=O)O)C2)ncn1. The number of aliphatic carboxylic acids is 1. The molecule has 1 heterocycles. The van der Waals surface area contributed by atoms with Gasteiger partial charge in [-0.3, -0.25) is 4.79 Å². The fourth-order valence-electron chi connectivity index (χ4n) is 2.08. The number of hydrogen-bond acceptors (Lipinski definition) is 4. The molecule has 1 saturated carbocycles. The van der Waals surface area contributed by atoms with Crippen molar-refractivity contribution in [3.63, 3.8) is 0 Å². The molecule has 86 valence electrons. The lowest BCUT2D eigenvalue weighted by Crippen LogP contribution is -2.18. The summed E-state index contributed by atoms with van der Waals surface area (Å²) in [4.78, 5) is 18.9. The number of carboxylic acid groups (broad SMARTS) is 1. The number of carboxylic acids is 1. The molecule has 0 saturated heterocycles. The molecule has 2 N–H and O–H groups in total. The van der Waals surface area contributed by atoms with Crippen LogP contribution in [0.5, 0.6) is 0 Å². The maximum absolute atomic E-state index is 10.8. The lowest BCUT2D eigenvalue weighted by Gasteiger charge is -2.12. The van der Waals surface area contributed by atoms with Crippen molar-refractivity contribution in [3.05, 3.63) is 18.1 Å². The molecule has 16 heavy (non-hydrogen) atoms. The minimum absolute atomic E-state index is 0.208. The van der Waals surface area contributed by atoms with E-state index in [0.29, 0.717) is 6.42 Å². The average molecular weight is 221 g/mol. The zero-order chi connectivity index (χ0) is 11.5. The molecule has 1 aromatic heterocycles. The second-order valence-electron chi connectivity index (χ2n) is 4.23. The highest BCUT2D eigenvalue weighted by molar-refractivity contribution is 5.70. The number of carbonyl (C=O) groups is 1. The van der Waals surface area contributed by atoms with Crippen molar-refractivity contribution in [2.24, 2.45) is 5.92 Å². The zero-order valence-corrected chi connectivity index (χ0v) is 9.18. The second kappa shape index (κ2) is 4.47. The molecule has 2 rings (SSSR count). The van der Waals surface area contributed by atoms with E-state index in [1.54, 1.807) is 0 Å². The molecule has 0 unspecified atom stereocenters.